The van der Waals surface area contributed by atoms with Crippen LogP contribution in [-0.2, 0) is 14.2 Å². The topological polar surface area (TPSA) is 36.9 Å². The maximum Gasteiger partial charge on any atom is 0.184 e. The Bertz CT molecular complexity index is 807. The van der Waals surface area contributed by atoms with Gasteiger partial charge in [0.25, 0.3) is 0 Å². The largest absolute Gasteiger partial charge is 0.494 e. The highest BCUT2D eigenvalue weighted by Crippen LogP contribution is 2.38. The van der Waals surface area contributed by atoms with E-state index in [1.54, 1.807) is 12.1 Å². The molecular formula is C27H35FO4. The van der Waals surface area contributed by atoms with Crippen LogP contribution in [-0.4, -0.2) is 25.4 Å². The summed E-state index contributed by atoms with van der Waals surface area (Å²) in [5.74, 6) is 0.660. The molecule has 174 valence electrons. The standard InChI is InChI=1S/C27H35FO4/c1-2-3-4-5-6-7-18-29-23-14-10-21(11-15-23)27-30-19-26-25(32-27)17-16-24(31-26)20-8-12-22(28)13-9-20/h8-15,24-27H,2-7,16-19H2,1H3/t24-,25+,26-,27?/m1/s1. The van der Waals surface area contributed by atoms with Crippen LogP contribution in [0.15, 0.2) is 48.5 Å². The highest BCUT2D eigenvalue weighted by Gasteiger charge is 2.38. The Balaban J connectivity index is 1.21. The summed E-state index contributed by atoms with van der Waals surface area (Å²) >= 11 is 0. The SMILES string of the molecule is CCCCCCCCOc1ccc(C2OC[C@H]3O[C@@H](c4ccc(F)cc4)CC[C@@H]3O2)cc1. The highest BCUT2D eigenvalue weighted by molar-refractivity contribution is 5.28. The van der Waals surface area contributed by atoms with E-state index in [1.165, 1.54) is 44.2 Å². The summed E-state index contributed by atoms with van der Waals surface area (Å²) in [5, 5.41) is 0. The number of rotatable bonds is 10. The van der Waals surface area contributed by atoms with Crippen LogP contribution in [0.25, 0.3) is 0 Å². The summed E-state index contributed by atoms with van der Waals surface area (Å²) in [7, 11) is 0. The molecule has 32 heavy (non-hydrogen) atoms. The van der Waals surface area contributed by atoms with E-state index < -0.39 is 0 Å². The molecule has 0 amide bonds. The van der Waals surface area contributed by atoms with Crippen LogP contribution in [0.5, 0.6) is 5.75 Å². The lowest BCUT2D eigenvalue weighted by atomic mass is 9.96. The lowest BCUT2D eigenvalue weighted by Crippen LogP contribution is -2.45. The van der Waals surface area contributed by atoms with Crippen molar-refractivity contribution in [2.24, 2.45) is 0 Å². The van der Waals surface area contributed by atoms with Gasteiger partial charge in [0, 0.05) is 5.56 Å². The molecule has 0 radical (unpaired) electrons. The number of halogens is 1. The van der Waals surface area contributed by atoms with Crippen LogP contribution in [0, 0.1) is 5.82 Å². The summed E-state index contributed by atoms with van der Waals surface area (Å²) in [5.41, 5.74) is 2.00. The molecule has 2 aliphatic heterocycles. The molecule has 2 saturated heterocycles. The fourth-order valence-electron chi connectivity index (χ4n) is 4.44. The van der Waals surface area contributed by atoms with Crippen LogP contribution in [0.1, 0.15) is 81.8 Å². The van der Waals surface area contributed by atoms with Gasteiger partial charge in [-0.15, -0.1) is 0 Å². The van der Waals surface area contributed by atoms with Gasteiger partial charge in [0.2, 0.25) is 0 Å². The Morgan fingerprint density at radius 2 is 1.53 bits per heavy atom. The van der Waals surface area contributed by atoms with Crippen molar-refractivity contribution >= 4 is 0 Å². The Kier molecular flexibility index (Phi) is 8.55. The minimum Gasteiger partial charge on any atom is -0.494 e. The van der Waals surface area contributed by atoms with Crippen molar-refractivity contribution in [2.75, 3.05) is 13.2 Å². The molecule has 4 atom stereocenters. The van der Waals surface area contributed by atoms with Gasteiger partial charge < -0.3 is 18.9 Å². The molecule has 2 aliphatic rings. The first kappa shape index (κ1) is 23.2. The number of benzene rings is 2. The number of ether oxygens (including phenoxy) is 4. The number of unbranched alkanes of at least 4 members (excludes halogenated alkanes) is 5. The quantitative estimate of drug-likeness (QED) is 0.375. The second-order valence-electron chi connectivity index (χ2n) is 8.82. The first-order chi connectivity index (χ1) is 15.7. The van der Waals surface area contributed by atoms with Crippen LogP contribution < -0.4 is 4.74 Å². The van der Waals surface area contributed by atoms with Gasteiger partial charge in [0.1, 0.15) is 17.7 Å². The normalized spacial score (nSPS) is 25.3. The molecule has 0 aliphatic carbocycles. The summed E-state index contributed by atoms with van der Waals surface area (Å²) in [6, 6.07) is 14.6. The van der Waals surface area contributed by atoms with Gasteiger partial charge in [-0.25, -0.2) is 4.39 Å². The van der Waals surface area contributed by atoms with E-state index in [4.69, 9.17) is 18.9 Å². The molecule has 2 fully saturated rings. The molecule has 2 aromatic rings. The van der Waals surface area contributed by atoms with Crippen molar-refractivity contribution in [1.29, 1.82) is 0 Å². The zero-order valence-corrected chi connectivity index (χ0v) is 19.0. The first-order valence-corrected chi connectivity index (χ1v) is 12.1. The van der Waals surface area contributed by atoms with E-state index >= 15 is 0 Å². The molecule has 0 bridgehead atoms. The van der Waals surface area contributed by atoms with Crippen molar-refractivity contribution in [3.63, 3.8) is 0 Å². The average molecular weight is 443 g/mol. The van der Waals surface area contributed by atoms with Gasteiger partial charge in [-0.2, -0.15) is 0 Å². The van der Waals surface area contributed by atoms with E-state index in [0.29, 0.717) is 6.61 Å². The van der Waals surface area contributed by atoms with Gasteiger partial charge in [-0.1, -0.05) is 63.3 Å². The Morgan fingerprint density at radius 3 is 2.31 bits per heavy atom. The minimum absolute atomic E-state index is 0.00841. The lowest BCUT2D eigenvalue weighted by Gasteiger charge is -2.42. The van der Waals surface area contributed by atoms with Crippen LogP contribution >= 0.6 is 0 Å². The highest BCUT2D eigenvalue weighted by atomic mass is 19.1. The van der Waals surface area contributed by atoms with Gasteiger partial charge in [0.05, 0.1) is 25.4 Å². The van der Waals surface area contributed by atoms with Crippen molar-refractivity contribution in [3.05, 3.63) is 65.5 Å². The third-order valence-electron chi connectivity index (χ3n) is 6.34. The molecule has 2 aromatic carbocycles. The predicted octanol–water partition coefficient (Wildman–Crippen LogP) is 6.90. The molecule has 1 unspecified atom stereocenters. The molecule has 2 heterocycles. The smallest absolute Gasteiger partial charge is 0.184 e. The van der Waals surface area contributed by atoms with Crippen LogP contribution in [0.3, 0.4) is 0 Å². The predicted molar refractivity (Wildman–Crippen MR) is 122 cm³/mol. The Hall–Kier alpha value is -1.95. The van der Waals surface area contributed by atoms with Crippen LogP contribution in [0.4, 0.5) is 4.39 Å². The van der Waals surface area contributed by atoms with Gasteiger partial charge >= 0.3 is 0 Å². The molecule has 0 saturated carbocycles. The summed E-state index contributed by atoms with van der Waals surface area (Å²) in [4.78, 5) is 0. The Morgan fingerprint density at radius 1 is 0.812 bits per heavy atom. The monoisotopic (exact) mass is 442 g/mol. The van der Waals surface area contributed by atoms with E-state index in [9.17, 15) is 4.39 Å². The summed E-state index contributed by atoms with van der Waals surface area (Å²) in [6.07, 6.45) is 8.80. The zero-order chi connectivity index (χ0) is 22.2. The second kappa shape index (κ2) is 11.8. The third-order valence-corrected chi connectivity index (χ3v) is 6.34. The molecule has 4 rings (SSSR count). The Labute approximate surface area is 191 Å². The fourth-order valence-corrected chi connectivity index (χ4v) is 4.44. The van der Waals surface area contributed by atoms with Crippen molar-refractivity contribution in [3.8, 4) is 5.75 Å². The van der Waals surface area contributed by atoms with Crippen LogP contribution in [0.2, 0.25) is 0 Å². The van der Waals surface area contributed by atoms with Crippen molar-refractivity contribution in [1.82, 2.24) is 0 Å². The van der Waals surface area contributed by atoms with Gasteiger partial charge in [-0.05, 0) is 49.1 Å². The molecule has 0 aromatic heterocycles. The molecule has 0 spiro atoms. The molecule has 0 N–H and O–H groups in total. The summed E-state index contributed by atoms with van der Waals surface area (Å²) in [6.45, 7) is 3.49. The lowest BCUT2D eigenvalue weighted by molar-refractivity contribution is -0.289. The zero-order valence-electron chi connectivity index (χ0n) is 19.0. The van der Waals surface area contributed by atoms with Crippen molar-refractivity contribution < 1.29 is 23.3 Å². The molecule has 4 nitrogen and oxygen atoms in total. The maximum atomic E-state index is 13.2. The maximum absolute atomic E-state index is 13.2. The number of hydrogen-bond donors (Lipinski definition) is 0. The average Bonchev–Trinajstić information content (AvgIpc) is 2.84. The van der Waals surface area contributed by atoms with Gasteiger partial charge in [0.15, 0.2) is 6.29 Å². The van der Waals surface area contributed by atoms with E-state index in [-0.39, 0.29) is 30.4 Å². The molecule has 5 heteroatoms. The molecular weight excluding hydrogens is 407 g/mol. The minimum atomic E-state index is -0.380. The number of hydrogen-bond acceptors (Lipinski definition) is 4. The number of fused-ring (bicyclic) bond motifs is 1. The summed E-state index contributed by atoms with van der Waals surface area (Å²) < 4.78 is 37.5. The van der Waals surface area contributed by atoms with E-state index in [1.807, 2.05) is 24.3 Å². The second-order valence-corrected chi connectivity index (χ2v) is 8.82. The van der Waals surface area contributed by atoms with Gasteiger partial charge in [-0.3, -0.25) is 0 Å². The van der Waals surface area contributed by atoms with E-state index in [2.05, 4.69) is 6.92 Å². The first-order valence-electron chi connectivity index (χ1n) is 12.1. The third kappa shape index (κ3) is 6.31. The fraction of sp³-hybridized carbons (Fsp3) is 0.556. The van der Waals surface area contributed by atoms with E-state index in [0.717, 1.165) is 42.7 Å². The van der Waals surface area contributed by atoms with Crippen molar-refractivity contribution in [2.45, 2.75) is 82.9 Å².